The van der Waals surface area contributed by atoms with Crippen molar-refractivity contribution in [2.45, 2.75) is 62.8 Å². The maximum atomic E-state index is 13.5. The predicted octanol–water partition coefficient (Wildman–Crippen LogP) is 3.32. The fourth-order valence-electron chi connectivity index (χ4n) is 5.24. The zero-order chi connectivity index (χ0) is 25.2. The quantitative estimate of drug-likeness (QED) is 0.523. The van der Waals surface area contributed by atoms with E-state index >= 15 is 0 Å². The number of carbonyl (C=O) groups excluding carboxylic acids is 1. The molecule has 1 amide bonds. The van der Waals surface area contributed by atoms with E-state index in [1.165, 1.54) is 17.2 Å². The van der Waals surface area contributed by atoms with Crippen molar-refractivity contribution in [3.63, 3.8) is 0 Å². The molecule has 0 saturated heterocycles. The van der Waals surface area contributed by atoms with E-state index in [4.69, 9.17) is 11.6 Å². The van der Waals surface area contributed by atoms with E-state index in [0.717, 1.165) is 49.9 Å². The van der Waals surface area contributed by atoms with Gasteiger partial charge >= 0.3 is 0 Å². The highest BCUT2D eigenvalue weighted by Crippen LogP contribution is 2.30. The van der Waals surface area contributed by atoms with Gasteiger partial charge in [0.2, 0.25) is 15.9 Å². The molecule has 1 aromatic heterocycles. The van der Waals surface area contributed by atoms with Crippen molar-refractivity contribution in [2.24, 2.45) is 13.0 Å². The molecule has 11 heteroatoms. The molecule has 1 aliphatic carbocycles. The summed E-state index contributed by atoms with van der Waals surface area (Å²) in [7, 11) is -2.48. The summed E-state index contributed by atoms with van der Waals surface area (Å²) >= 11 is 6.21. The number of carbonyl (C=O) groups is 1. The summed E-state index contributed by atoms with van der Waals surface area (Å²) in [6.45, 7) is 3.24. The average molecular weight is 526 g/mol. The average Bonchev–Trinajstić information content (AvgIpc) is 3.32. The van der Waals surface area contributed by atoms with Crippen LogP contribution in [-0.2, 0) is 28.3 Å². The van der Waals surface area contributed by atoms with E-state index in [9.17, 15) is 17.6 Å². The lowest BCUT2D eigenvalue weighted by atomic mass is 9.85. The van der Waals surface area contributed by atoms with Crippen LogP contribution in [0, 0.1) is 18.7 Å². The van der Waals surface area contributed by atoms with Crippen LogP contribution in [-0.4, -0.2) is 49.8 Å². The van der Waals surface area contributed by atoms with Crippen molar-refractivity contribution in [1.29, 1.82) is 0 Å². The zero-order valence-electron chi connectivity index (χ0n) is 20.2. The summed E-state index contributed by atoms with van der Waals surface area (Å²) in [5.41, 5.74) is 2.22. The third-order valence-corrected chi connectivity index (χ3v) is 9.16. The Morgan fingerprint density at radius 1 is 1.29 bits per heavy atom. The number of hydrogen-bond acceptors (Lipinski definition) is 5. The molecule has 192 valence electrons. The normalized spacial score (nSPS) is 17.4. The van der Waals surface area contributed by atoms with E-state index in [0.29, 0.717) is 19.5 Å². The smallest absolute Gasteiger partial charge is 0.246 e. The highest BCUT2D eigenvalue weighted by atomic mass is 35.5. The first-order valence-electron chi connectivity index (χ1n) is 12.2. The number of nitrogens with one attached hydrogen (secondary N) is 2. The van der Waals surface area contributed by atoms with Crippen molar-refractivity contribution in [1.82, 2.24) is 19.8 Å². The minimum atomic E-state index is -4.05. The molecule has 1 unspecified atom stereocenters. The van der Waals surface area contributed by atoms with Gasteiger partial charge in [-0.25, -0.2) is 12.8 Å². The van der Waals surface area contributed by atoms with Gasteiger partial charge in [-0.3, -0.25) is 9.48 Å². The molecule has 1 fully saturated rings. The van der Waals surface area contributed by atoms with Crippen LogP contribution in [0.2, 0.25) is 5.15 Å². The van der Waals surface area contributed by atoms with Crippen LogP contribution in [0.3, 0.4) is 0 Å². The predicted molar refractivity (Wildman–Crippen MR) is 134 cm³/mol. The molecule has 1 atom stereocenters. The Labute approximate surface area is 211 Å². The minimum absolute atomic E-state index is 0.0101. The molecule has 35 heavy (non-hydrogen) atoms. The molecule has 1 aromatic carbocycles. The first-order valence-corrected chi connectivity index (χ1v) is 14.0. The summed E-state index contributed by atoms with van der Waals surface area (Å²) in [5.74, 6) is -0.316. The zero-order valence-corrected chi connectivity index (χ0v) is 21.8. The highest BCUT2D eigenvalue weighted by Gasteiger charge is 2.32. The van der Waals surface area contributed by atoms with Gasteiger partial charge in [0.15, 0.2) is 0 Å². The first-order chi connectivity index (χ1) is 16.7. The number of sulfonamides is 1. The minimum Gasteiger partial charge on any atom is -0.369 e. The summed E-state index contributed by atoms with van der Waals surface area (Å²) in [6, 6.07) is 3.85. The van der Waals surface area contributed by atoms with Crippen LogP contribution >= 0.6 is 11.6 Å². The van der Waals surface area contributed by atoms with Gasteiger partial charge in [0.1, 0.15) is 21.9 Å². The number of amides is 1. The van der Waals surface area contributed by atoms with Crippen molar-refractivity contribution < 1.29 is 17.6 Å². The second-order valence-corrected chi connectivity index (χ2v) is 11.6. The maximum Gasteiger partial charge on any atom is 0.246 e. The van der Waals surface area contributed by atoms with Crippen molar-refractivity contribution in [2.75, 3.05) is 24.5 Å². The number of halogens is 2. The Balaban J connectivity index is 1.43. The molecule has 4 rings (SSSR count). The lowest BCUT2D eigenvalue weighted by Crippen LogP contribution is -2.49. The van der Waals surface area contributed by atoms with Gasteiger partial charge in [-0.2, -0.15) is 9.82 Å². The molecule has 0 bridgehead atoms. The summed E-state index contributed by atoms with van der Waals surface area (Å²) in [4.78, 5) is 15.2. The fourth-order valence-corrected chi connectivity index (χ4v) is 7.19. The van der Waals surface area contributed by atoms with E-state index < -0.39 is 16.1 Å². The van der Waals surface area contributed by atoms with Crippen LogP contribution in [0.25, 0.3) is 0 Å². The maximum absolute atomic E-state index is 13.5. The van der Waals surface area contributed by atoms with Crippen molar-refractivity contribution in [3.8, 4) is 0 Å². The Bertz CT molecular complexity index is 1180. The number of nitrogens with zero attached hydrogens (tertiary/aromatic N) is 3. The lowest BCUT2D eigenvalue weighted by molar-refractivity contribution is -0.123. The molecule has 2 aromatic rings. The molecule has 8 nitrogen and oxygen atoms in total. The number of hydrogen-bond donors (Lipinski definition) is 2. The largest absolute Gasteiger partial charge is 0.369 e. The molecular formula is C24H33ClFN5O3S. The van der Waals surface area contributed by atoms with Crippen LogP contribution < -0.4 is 14.9 Å². The first kappa shape index (κ1) is 25.9. The van der Waals surface area contributed by atoms with Crippen LogP contribution in [0.5, 0.6) is 0 Å². The van der Waals surface area contributed by atoms with Gasteiger partial charge < -0.3 is 10.2 Å². The third kappa shape index (κ3) is 5.98. The number of benzene rings is 1. The molecule has 1 aliphatic heterocycles. The topological polar surface area (TPSA) is 96.3 Å². The van der Waals surface area contributed by atoms with E-state index in [2.05, 4.69) is 20.0 Å². The van der Waals surface area contributed by atoms with Crippen LogP contribution in [0.15, 0.2) is 23.1 Å². The van der Waals surface area contributed by atoms with Gasteiger partial charge in [0.05, 0.1) is 5.69 Å². The molecule has 0 radical (unpaired) electrons. The summed E-state index contributed by atoms with van der Waals surface area (Å²) in [5, 5.41) is 7.02. The molecular weight excluding hydrogens is 493 g/mol. The van der Waals surface area contributed by atoms with E-state index in [1.807, 2.05) is 0 Å². The summed E-state index contributed by atoms with van der Waals surface area (Å²) < 4.78 is 43.9. The highest BCUT2D eigenvalue weighted by molar-refractivity contribution is 7.89. The molecule has 2 heterocycles. The Morgan fingerprint density at radius 3 is 2.71 bits per heavy atom. The summed E-state index contributed by atoms with van der Waals surface area (Å²) in [6.07, 6.45) is 6.52. The monoisotopic (exact) mass is 525 g/mol. The number of aromatic nitrogens is 2. The number of rotatable bonds is 9. The van der Waals surface area contributed by atoms with Gasteiger partial charge in [0.25, 0.3) is 0 Å². The van der Waals surface area contributed by atoms with Gasteiger partial charge in [-0.05, 0) is 49.4 Å². The van der Waals surface area contributed by atoms with Crippen molar-refractivity contribution >= 4 is 33.2 Å². The molecule has 2 aliphatic rings. The van der Waals surface area contributed by atoms with Gasteiger partial charge in [0, 0.05) is 32.4 Å². The van der Waals surface area contributed by atoms with Gasteiger partial charge in [-0.15, -0.1) is 0 Å². The second kappa shape index (κ2) is 10.8. The molecule has 2 N–H and O–H groups in total. The number of aryl methyl sites for hydroxylation is 2. The number of fused-ring (bicyclic) bond motifs is 1. The molecule has 1 saturated carbocycles. The SMILES string of the molecule is Cc1nn(C)c(Cl)c1S(=O)(=O)NC(CC1CCCCC1)C(=O)NCCN1CCc2cc(F)ccc21. The van der Waals surface area contributed by atoms with E-state index in [1.54, 1.807) is 26.1 Å². The standard InChI is InChI=1S/C24H33ClFN5O3S/c1-16-22(23(25)30(2)28-16)35(33,34)29-20(14-17-6-4-3-5-7-17)24(32)27-11-13-31-12-10-18-15-19(26)8-9-21(18)31/h8-9,15,17,20,29H,3-7,10-14H2,1-2H3,(H,27,32). The van der Waals surface area contributed by atoms with Crippen molar-refractivity contribution in [3.05, 3.63) is 40.4 Å². The third-order valence-electron chi connectivity index (χ3n) is 6.99. The lowest BCUT2D eigenvalue weighted by Gasteiger charge is -2.27. The van der Waals surface area contributed by atoms with Gasteiger partial charge in [-0.1, -0.05) is 43.7 Å². The fraction of sp³-hybridized carbons (Fsp3) is 0.583. The van der Waals surface area contributed by atoms with Crippen LogP contribution in [0.4, 0.5) is 10.1 Å². The number of anilines is 1. The van der Waals surface area contributed by atoms with E-state index in [-0.39, 0.29) is 33.4 Å². The Morgan fingerprint density at radius 2 is 2.03 bits per heavy atom. The second-order valence-electron chi connectivity index (χ2n) is 9.54. The Kier molecular flexibility index (Phi) is 8.02. The molecule has 0 spiro atoms. The Hall–Kier alpha value is -2.17. The van der Waals surface area contributed by atoms with Crippen LogP contribution in [0.1, 0.15) is 49.8 Å².